The van der Waals surface area contributed by atoms with E-state index in [-0.39, 0.29) is 18.2 Å². The summed E-state index contributed by atoms with van der Waals surface area (Å²) in [5, 5.41) is 0.583. The van der Waals surface area contributed by atoms with Crippen LogP contribution in [0.15, 0.2) is 81.4 Å². The Labute approximate surface area is 223 Å². The van der Waals surface area contributed by atoms with Crippen LogP contribution in [-0.4, -0.2) is 27.6 Å². The van der Waals surface area contributed by atoms with Gasteiger partial charge in [0.1, 0.15) is 4.32 Å². The summed E-state index contributed by atoms with van der Waals surface area (Å²) in [6.45, 7) is 2.42. The van der Waals surface area contributed by atoms with Crippen LogP contribution in [0.5, 0.6) is 0 Å². The fourth-order valence-corrected chi connectivity index (χ4v) is 6.52. The lowest BCUT2D eigenvalue weighted by Gasteiger charge is -2.31. The molecule has 5 rings (SSSR count). The first-order valence-corrected chi connectivity index (χ1v) is 13.5. The van der Waals surface area contributed by atoms with Gasteiger partial charge in [0.15, 0.2) is 0 Å². The highest BCUT2D eigenvalue weighted by Crippen LogP contribution is 2.49. The van der Waals surface area contributed by atoms with E-state index in [1.54, 1.807) is 21.6 Å². The zero-order valence-corrected chi connectivity index (χ0v) is 22.1. The Balaban J connectivity index is 1.28. The third kappa shape index (κ3) is 5.05. The Hall–Kier alpha value is -2.58. The average molecular weight is 537 g/mol. The van der Waals surface area contributed by atoms with E-state index >= 15 is 0 Å². The highest BCUT2D eigenvalue weighted by atomic mass is 35.5. The van der Waals surface area contributed by atoms with Crippen LogP contribution in [0.4, 0.5) is 11.4 Å². The number of carbonyl (C=O) groups excluding carboxylic acids is 2. The maximum Gasteiger partial charge on any atom is 0.266 e. The molecule has 1 saturated heterocycles. The van der Waals surface area contributed by atoms with Crippen molar-refractivity contribution in [3.8, 4) is 0 Å². The summed E-state index contributed by atoms with van der Waals surface area (Å²) >= 11 is 14.7. The lowest BCUT2D eigenvalue weighted by atomic mass is 10.1. The first kappa shape index (κ1) is 24.1. The van der Waals surface area contributed by atoms with Gasteiger partial charge in [0, 0.05) is 27.8 Å². The SMILES string of the molecule is Cc1ccc(/C=C2/SC(=S)N(CCCC(=O)N3c4ccccc4Sc4ccc(Cl)cc43)C2=O)cc1. The summed E-state index contributed by atoms with van der Waals surface area (Å²) in [6.07, 6.45) is 2.65. The van der Waals surface area contributed by atoms with Crippen LogP contribution in [0.2, 0.25) is 5.02 Å². The van der Waals surface area contributed by atoms with Crippen molar-refractivity contribution in [2.24, 2.45) is 0 Å². The number of halogens is 1. The predicted molar refractivity (Wildman–Crippen MR) is 149 cm³/mol. The summed E-state index contributed by atoms with van der Waals surface area (Å²) < 4.78 is 0.526. The van der Waals surface area contributed by atoms with Gasteiger partial charge < -0.3 is 0 Å². The molecule has 0 spiro atoms. The normalized spacial score (nSPS) is 16.0. The van der Waals surface area contributed by atoms with Crippen molar-refractivity contribution in [2.45, 2.75) is 29.6 Å². The second-order valence-corrected chi connectivity index (χ2v) is 11.5. The van der Waals surface area contributed by atoms with Crippen molar-refractivity contribution in [2.75, 3.05) is 11.4 Å². The average Bonchev–Trinajstić information content (AvgIpc) is 3.11. The number of anilines is 2. The quantitative estimate of drug-likeness (QED) is 0.250. The van der Waals surface area contributed by atoms with E-state index in [2.05, 4.69) is 0 Å². The molecule has 2 amide bonds. The van der Waals surface area contributed by atoms with Crippen LogP contribution < -0.4 is 4.90 Å². The molecule has 2 aliphatic heterocycles. The van der Waals surface area contributed by atoms with E-state index in [1.807, 2.05) is 79.7 Å². The molecule has 2 heterocycles. The van der Waals surface area contributed by atoms with Crippen molar-refractivity contribution >= 4 is 80.9 Å². The van der Waals surface area contributed by atoms with Crippen molar-refractivity contribution in [1.82, 2.24) is 4.90 Å². The summed E-state index contributed by atoms with van der Waals surface area (Å²) in [4.78, 5) is 32.3. The zero-order chi connectivity index (χ0) is 24.5. The second kappa shape index (κ2) is 10.2. The number of aryl methyl sites for hydroxylation is 1. The molecule has 4 nitrogen and oxygen atoms in total. The van der Waals surface area contributed by atoms with E-state index in [1.165, 1.54) is 17.3 Å². The van der Waals surface area contributed by atoms with Gasteiger partial charge in [-0.1, -0.05) is 89.3 Å². The van der Waals surface area contributed by atoms with Gasteiger partial charge in [-0.25, -0.2) is 0 Å². The van der Waals surface area contributed by atoms with Crippen LogP contribution in [0, 0.1) is 6.92 Å². The molecule has 0 atom stereocenters. The van der Waals surface area contributed by atoms with Gasteiger partial charge in [-0.15, -0.1) is 0 Å². The number of rotatable bonds is 5. The number of para-hydroxylation sites is 1. The molecule has 0 bridgehead atoms. The number of hydrogen-bond donors (Lipinski definition) is 0. The van der Waals surface area contributed by atoms with Gasteiger partial charge in [-0.2, -0.15) is 0 Å². The fourth-order valence-electron chi connectivity index (χ4n) is 4.00. The maximum absolute atomic E-state index is 13.4. The van der Waals surface area contributed by atoms with Crippen LogP contribution in [0.1, 0.15) is 24.0 Å². The topological polar surface area (TPSA) is 40.6 Å². The first-order chi connectivity index (χ1) is 16.9. The number of benzene rings is 3. The molecule has 0 N–H and O–H groups in total. The monoisotopic (exact) mass is 536 g/mol. The van der Waals surface area contributed by atoms with Gasteiger partial charge in [0.2, 0.25) is 5.91 Å². The van der Waals surface area contributed by atoms with Crippen molar-refractivity contribution in [3.05, 3.63) is 87.8 Å². The van der Waals surface area contributed by atoms with E-state index in [9.17, 15) is 9.59 Å². The molecular weight excluding hydrogens is 516 g/mol. The van der Waals surface area contributed by atoms with E-state index < -0.39 is 0 Å². The fraction of sp³-hybridized carbons (Fsp3) is 0.148. The molecule has 1 fully saturated rings. The Kier molecular flexibility index (Phi) is 7.02. The van der Waals surface area contributed by atoms with Crippen LogP contribution in [0.25, 0.3) is 6.08 Å². The van der Waals surface area contributed by atoms with Crippen molar-refractivity contribution < 1.29 is 9.59 Å². The molecule has 3 aromatic carbocycles. The molecule has 0 saturated carbocycles. The molecule has 0 aromatic heterocycles. The number of nitrogens with zero attached hydrogens (tertiary/aromatic N) is 2. The molecule has 176 valence electrons. The highest BCUT2D eigenvalue weighted by molar-refractivity contribution is 8.26. The van der Waals surface area contributed by atoms with Gasteiger partial charge in [0.05, 0.1) is 16.3 Å². The van der Waals surface area contributed by atoms with E-state index in [0.717, 1.165) is 26.7 Å². The minimum Gasteiger partial charge on any atom is -0.293 e. The molecule has 8 heteroatoms. The Morgan fingerprint density at radius 2 is 1.74 bits per heavy atom. The number of carbonyl (C=O) groups is 2. The predicted octanol–water partition coefficient (Wildman–Crippen LogP) is 7.46. The number of hydrogen-bond acceptors (Lipinski definition) is 5. The van der Waals surface area contributed by atoms with Gasteiger partial charge in [-0.05, 0) is 55.3 Å². The zero-order valence-electron chi connectivity index (χ0n) is 18.9. The number of fused-ring (bicyclic) bond motifs is 2. The summed E-state index contributed by atoms with van der Waals surface area (Å²) in [5.41, 5.74) is 3.77. The van der Waals surface area contributed by atoms with Gasteiger partial charge in [0.25, 0.3) is 5.91 Å². The molecular formula is C27H21ClN2O2S3. The first-order valence-electron chi connectivity index (χ1n) is 11.1. The van der Waals surface area contributed by atoms with E-state index in [4.69, 9.17) is 23.8 Å². The molecule has 35 heavy (non-hydrogen) atoms. The summed E-state index contributed by atoms with van der Waals surface area (Å²) in [6, 6.07) is 21.5. The van der Waals surface area contributed by atoms with Gasteiger partial charge >= 0.3 is 0 Å². The lowest BCUT2D eigenvalue weighted by Crippen LogP contribution is -2.32. The van der Waals surface area contributed by atoms with Crippen LogP contribution in [0.3, 0.4) is 0 Å². The minimum atomic E-state index is -0.107. The summed E-state index contributed by atoms with van der Waals surface area (Å²) in [7, 11) is 0. The van der Waals surface area contributed by atoms with Gasteiger partial charge in [-0.3, -0.25) is 19.4 Å². The van der Waals surface area contributed by atoms with Crippen molar-refractivity contribution in [1.29, 1.82) is 0 Å². The standard InChI is InChI=1S/C27H21ClN2O2S3/c1-17-8-10-18(11-9-17)15-24-26(32)29(27(33)35-24)14-4-7-25(31)30-20-5-2-3-6-22(20)34-23-13-12-19(28)16-21(23)30/h2-3,5-6,8-13,15-16H,4,7,14H2,1H3/b24-15+. The highest BCUT2D eigenvalue weighted by Gasteiger charge is 2.32. The molecule has 0 unspecified atom stereocenters. The second-order valence-electron chi connectivity index (χ2n) is 8.26. The number of thioether (sulfide) groups is 1. The Morgan fingerprint density at radius 3 is 2.54 bits per heavy atom. The third-order valence-corrected chi connectivity index (χ3v) is 8.50. The van der Waals surface area contributed by atoms with E-state index in [0.29, 0.717) is 27.2 Å². The summed E-state index contributed by atoms with van der Waals surface area (Å²) in [5.74, 6) is -0.147. The molecule has 0 radical (unpaired) electrons. The number of amides is 2. The minimum absolute atomic E-state index is 0.0399. The largest absolute Gasteiger partial charge is 0.293 e. The smallest absolute Gasteiger partial charge is 0.266 e. The Bertz CT molecular complexity index is 1370. The lowest BCUT2D eigenvalue weighted by molar-refractivity contribution is -0.123. The maximum atomic E-state index is 13.4. The van der Waals surface area contributed by atoms with Crippen LogP contribution >= 0.6 is 47.3 Å². The third-order valence-electron chi connectivity index (χ3n) is 5.76. The molecule has 3 aromatic rings. The molecule has 0 aliphatic carbocycles. The van der Waals surface area contributed by atoms with Crippen molar-refractivity contribution in [3.63, 3.8) is 0 Å². The number of thiocarbonyl (C=S) groups is 1. The van der Waals surface area contributed by atoms with Crippen LogP contribution in [-0.2, 0) is 9.59 Å². The molecule has 2 aliphatic rings. The Morgan fingerprint density at radius 1 is 1.00 bits per heavy atom.